The lowest BCUT2D eigenvalue weighted by atomic mass is 10.1. The number of nitrogens with one attached hydrogen (secondary N) is 1. The second-order valence-corrected chi connectivity index (χ2v) is 7.93. The van der Waals surface area contributed by atoms with Gasteiger partial charge in [0.2, 0.25) is 5.91 Å². The first kappa shape index (κ1) is 21.9. The Morgan fingerprint density at radius 3 is 2.77 bits per heavy atom. The summed E-state index contributed by atoms with van der Waals surface area (Å²) < 4.78 is 11.3. The highest BCUT2D eigenvalue weighted by molar-refractivity contribution is 7.22. The number of anilines is 1. The monoisotopic (exact) mass is 447 g/mol. The van der Waals surface area contributed by atoms with Crippen molar-refractivity contribution < 1.29 is 19.1 Å². The molecular formula is C21H22ClN3O4S. The van der Waals surface area contributed by atoms with Crippen LogP contribution in [0.5, 0.6) is 5.75 Å². The topological polar surface area (TPSA) is 80.8 Å². The van der Waals surface area contributed by atoms with E-state index in [4.69, 9.17) is 21.1 Å². The van der Waals surface area contributed by atoms with Crippen molar-refractivity contribution in [3.63, 3.8) is 0 Å². The summed E-state index contributed by atoms with van der Waals surface area (Å²) in [6.45, 7) is 0.372. The number of aromatic nitrogens is 1. The maximum atomic E-state index is 12.3. The molecular weight excluding hydrogens is 426 g/mol. The first-order chi connectivity index (χ1) is 14.5. The van der Waals surface area contributed by atoms with Crippen LogP contribution < -0.4 is 10.1 Å². The Morgan fingerprint density at radius 2 is 2.00 bits per heavy atom. The number of carbonyl (C=O) groups is 2. The van der Waals surface area contributed by atoms with Crippen molar-refractivity contribution in [3.8, 4) is 5.75 Å². The average molecular weight is 448 g/mol. The lowest BCUT2D eigenvalue weighted by molar-refractivity contribution is -0.130. The van der Waals surface area contributed by atoms with Gasteiger partial charge in [0.05, 0.1) is 18.4 Å². The zero-order chi connectivity index (χ0) is 21.5. The molecule has 3 aromatic rings. The van der Waals surface area contributed by atoms with Gasteiger partial charge in [-0.25, -0.2) is 9.78 Å². The Bertz CT molecular complexity index is 1040. The molecule has 0 aliphatic heterocycles. The minimum Gasteiger partial charge on any atom is -0.494 e. The Hall–Kier alpha value is -2.84. The largest absolute Gasteiger partial charge is 0.494 e. The highest BCUT2D eigenvalue weighted by Gasteiger charge is 2.13. The molecule has 0 fully saturated rings. The third kappa shape index (κ3) is 5.61. The summed E-state index contributed by atoms with van der Waals surface area (Å²) in [6, 6.07) is 13.0. The number of amides is 2. The number of methoxy groups -OCH3 is 1. The van der Waals surface area contributed by atoms with E-state index >= 15 is 0 Å². The highest BCUT2D eigenvalue weighted by atomic mass is 35.5. The lowest BCUT2D eigenvalue weighted by Crippen LogP contribution is -2.31. The van der Waals surface area contributed by atoms with Gasteiger partial charge in [-0.15, -0.1) is 0 Å². The molecule has 3 rings (SSSR count). The number of likely N-dealkylation sites (N-methyl/N-ethyl adjacent to an activating group) is 1. The van der Waals surface area contributed by atoms with Crippen LogP contribution in [0.1, 0.15) is 12.0 Å². The fraction of sp³-hybridized carbons (Fsp3) is 0.286. The smallest absolute Gasteiger partial charge is 0.413 e. The van der Waals surface area contributed by atoms with Gasteiger partial charge in [-0.2, -0.15) is 0 Å². The minimum absolute atomic E-state index is 0.0443. The molecule has 7 nitrogen and oxygen atoms in total. The molecule has 30 heavy (non-hydrogen) atoms. The van der Waals surface area contributed by atoms with Crippen LogP contribution in [0, 0.1) is 0 Å². The molecule has 0 aliphatic carbocycles. The van der Waals surface area contributed by atoms with Crippen LogP contribution >= 0.6 is 22.9 Å². The molecule has 2 amide bonds. The number of halogens is 1. The fourth-order valence-corrected chi connectivity index (χ4v) is 3.90. The summed E-state index contributed by atoms with van der Waals surface area (Å²) in [7, 11) is 3.25. The second kappa shape index (κ2) is 10.3. The number of hydrogen-bond acceptors (Lipinski definition) is 6. The average Bonchev–Trinajstić information content (AvgIpc) is 3.15. The molecule has 0 spiro atoms. The fourth-order valence-electron chi connectivity index (χ4n) is 2.80. The van der Waals surface area contributed by atoms with Crippen molar-refractivity contribution in [1.29, 1.82) is 0 Å². The first-order valence-electron chi connectivity index (χ1n) is 9.32. The number of ether oxygens (including phenoxy) is 2. The molecule has 0 unspecified atom stereocenters. The summed E-state index contributed by atoms with van der Waals surface area (Å²) in [5.41, 5.74) is 1.62. The van der Waals surface area contributed by atoms with Gasteiger partial charge in [0, 0.05) is 18.5 Å². The van der Waals surface area contributed by atoms with Crippen molar-refractivity contribution in [2.24, 2.45) is 0 Å². The summed E-state index contributed by atoms with van der Waals surface area (Å²) >= 11 is 7.44. The van der Waals surface area contributed by atoms with E-state index in [2.05, 4.69) is 10.3 Å². The molecule has 1 aromatic heterocycles. The third-order valence-corrected chi connectivity index (χ3v) is 5.77. The Morgan fingerprint density at radius 1 is 1.20 bits per heavy atom. The van der Waals surface area contributed by atoms with Crippen molar-refractivity contribution in [2.75, 3.05) is 32.6 Å². The van der Waals surface area contributed by atoms with Gasteiger partial charge in [0.15, 0.2) is 5.13 Å². The number of carbonyl (C=O) groups excluding carboxylic acids is 2. The van der Waals surface area contributed by atoms with Gasteiger partial charge in [-0.05, 0) is 30.2 Å². The molecule has 0 atom stereocenters. The van der Waals surface area contributed by atoms with Crippen molar-refractivity contribution >= 4 is 50.3 Å². The minimum atomic E-state index is -0.620. The van der Waals surface area contributed by atoms with E-state index in [0.717, 1.165) is 10.3 Å². The van der Waals surface area contributed by atoms with Gasteiger partial charge in [-0.1, -0.05) is 47.2 Å². The van der Waals surface area contributed by atoms with Gasteiger partial charge >= 0.3 is 6.09 Å². The molecule has 1 N–H and O–H groups in total. The molecule has 0 radical (unpaired) electrons. The van der Waals surface area contributed by atoms with E-state index < -0.39 is 6.09 Å². The third-order valence-electron chi connectivity index (χ3n) is 4.46. The molecule has 0 saturated carbocycles. The normalized spacial score (nSPS) is 10.6. The zero-order valence-electron chi connectivity index (χ0n) is 16.7. The zero-order valence-corrected chi connectivity index (χ0v) is 18.3. The van der Waals surface area contributed by atoms with Crippen molar-refractivity contribution in [1.82, 2.24) is 9.88 Å². The van der Waals surface area contributed by atoms with E-state index in [1.807, 2.05) is 36.4 Å². The lowest BCUT2D eigenvalue weighted by Gasteiger charge is -2.17. The number of nitrogens with zero attached hydrogens (tertiary/aromatic N) is 2. The Balaban J connectivity index is 1.42. The number of rotatable bonds is 8. The number of hydrogen-bond donors (Lipinski definition) is 1. The summed E-state index contributed by atoms with van der Waals surface area (Å²) in [4.78, 5) is 30.2. The number of benzene rings is 2. The van der Waals surface area contributed by atoms with Crippen LogP contribution in [0.2, 0.25) is 5.02 Å². The molecule has 9 heteroatoms. The molecule has 2 aromatic carbocycles. The molecule has 0 saturated heterocycles. The number of aryl methyl sites for hydroxylation is 1. The van der Waals surface area contributed by atoms with Gasteiger partial charge in [0.25, 0.3) is 0 Å². The van der Waals surface area contributed by atoms with Gasteiger partial charge < -0.3 is 14.4 Å². The standard InChI is InChI=1S/C21H22ClN3O4S/c1-25(18(26)11-10-14-6-3-4-7-15(14)22)12-13-29-21(27)24-20-23-19-16(28-2)8-5-9-17(19)30-20/h3-9H,10-13H2,1-2H3,(H,23,24,27). The van der Waals surface area contributed by atoms with E-state index in [0.29, 0.717) is 40.8 Å². The summed E-state index contributed by atoms with van der Waals surface area (Å²) in [5, 5.41) is 3.68. The molecule has 1 heterocycles. The van der Waals surface area contributed by atoms with E-state index in [-0.39, 0.29) is 12.5 Å². The summed E-state index contributed by atoms with van der Waals surface area (Å²) in [6.07, 6.45) is 0.274. The molecule has 0 bridgehead atoms. The maximum absolute atomic E-state index is 12.3. The van der Waals surface area contributed by atoms with Crippen LogP contribution in [0.4, 0.5) is 9.93 Å². The molecule has 0 aliphatic rings. The Kier molecular flexibility index (Phi) is 7.48. The van der Waals surface area contributed by atoms with Crippen LogP contribution in [0.3, 0.4) is 0 Å². The van der Waals surface area contributed by atoms with Crippen LogP contribution in [-0.4, -0.2) is 49.2 Å². The number of para-hydroxylation sites is 1. The van der Waals surface area contributed by atoms with E-state index in [9.17, 15) is 9.59 Å². The van der Waals surface area contributed by atoms with Crippen LogP contribution in [0.25, 0.3) is 10.2 Å². The Labute approximate surface area is 183 Å². The van der Waals surface area contributed by atoms with E-state index in [1.165, 1.54) is 16.2 Å². The quantitative estimate of drug-likeness (QED) is 0.545. The van der Waals surface area contributed by atoms with Crippen molar-refractivity contribution in [2.45, 2.75) is 12.8 Å². The van der Waals surface area contributed by atoms with Crippen molar-refractivity contribution in [3.05, 3.63) is 53.1 Å². The number of thiazole rings is 1. The second-order valence-electron chi connectivity index (χ2n) is 6.49. The highest BCUT2D eigenvalue weighted by Crippen LogP contribution is 2.32. The summed E-state index contributed by atoms with van der Waals surface area (Å²) in [5.74, 6) is 0.597. The number of fused-ring (bicyclic) bond motifs is 1. The van der Waals surface area contributed by atoms with Gasteiger partial charge in [-0.3, -0.25) is 10.1 Å². The molecule has 158 valence electrons. The predicted molar refractivity (Wildman–Crippen MR) is 119 cm³/mol. The first-order valence-corrected chi connectivity index (χ1v) is 10.5. The SMILES string of the molecule is COc1cccc2sc(NC(=O)OCCN(C)C(=O)CCc3ccccc3Cl)nc12. The maximum Gasteiger partial charge on any atom is 0.413 e. The van der Waals surface area contributed by atoms with Gasteiger partial charge in [0.1, 0.15) is 17.9 Å². The predicted octanol–water partition coefficient (Wildman–Crippen LogP) is 4.60. The van der Waals surface area contributed by atoms with E-state index in [1.54, 1.807) is 20.2 Å². The van der Waals surface area contributed by atoms with Crippen LogP contribution in [-0.2, 0) is 16.0 Å². The van der Waals surface area contributed by atoms with Crippen LogP contribution in [0.15, 0.2) is 42.5 Å².